The lowest BCUT2D eigenvalue weighted by Crippen LogP contribution is -2.25. The molecule has 2 atom stereocenters. The van der Waals surface area contributed by atoms with Crippen molar-refractivity contribution in [3.8, 4) is 0 Å². The van der Waals surface area contributed by atoms with Crippen LogP contribution in [0, 0.1) is 13.8 Å². The normalized spacial score (nSPS) is 14.0. The number of anilines is 1. The SMILES string of the molecule is Cc1nn(CCO)c(NC(C)C(C)c2ccccc2)c1C. The van der Waals surface area contributed by atoms with E-state index in [1.807, 2.05) is 17.7 Å². The highest BCUT2D eigenvalue weighted by Crippen LogP contribution is 2.25. The smallest absolute Gasteiger partial charge is 0.127 e. The second-order valence-corrected chi connectivity index (χ2v) is 5.64. The molecule has 2 rings (SSSR count). The van der Waals surface area contributed by atoms with E-state index in [0.717, 1.165) is 17.1 Å². The van der Waals surface area contributed by atoms with Gasteiger partial charge in [0.2, 0.25) is 0 Å². The molecule has 0 aliphatic heterocycles. The summed E-state index contributed by atoms with van der Waals surface area (Å²) in [6.45, 7) is 9.09. The number of aryl methyl sites for hydroxylation is 1. The lowest BCUT2D eigenvalue weighted by molar-refractivity contribution is 0.270. The molecule has 21 heavy (non-hydrogen) atoms. The Morgan fingerprint density at radius 3 is 2.48 bits per heavy atom. The van der Waals surface area contributed by atoms with E-state index in [4.69, 9.17) is 0 Å². The van der Waals surface area contributed by atoms with Crippen molar-refractivity contribution in [1.82, 2.24) is 9.78 Å². The number of rotatable bonds is 6. The van der Waals surface area contributed by atoms with E-state index in [0.29, 0.717) is 12.5 Å². The molecule has 1 heterocycles. The van der Waals surface area contributed by atoms with Crippen molar-refractivity contribution in [2.45, 2.75) is 46.2 Å². The molecule has 0 saturated heterocycles. The lowest BCUT2D eigenvalue weighted by Gasteiger charge is -2.23. The predicted molar refractivity (Wildman–Crippen MR) is 86.7 cm³/mol. The first-order valence-corrected chi connectivity index (χ1v) is 7.51. The van der Waals surface area contributed by atoms with E-state index < -0.39 is 0 Å². The van der Waals surface area contributed by atoms with Crippen LogP contribution < -0.4 is 5.32 Å². The third-order valence-electron chi connectivity index (χ3n) is 4.18. The highest BCUT2D eigenvalue weighted by molar-refractivity contribution is 5.48. The van der Waals surface area contributed by atoms with Gasteiger partial charge in [0.05, 0.1) is 18.8 Å². The van der Waals surface area contributed by atoms with Gasteiger partial charge in [0, 0.05) is 17.5 Å². The van der Waals surface area contributed by atoms with Crippen LogP contribution in [0.4, 0.5) is 5.82 Å². The summed E-state index contributed by atoms with van der Waals surface area (Å²) in [6, 6.07) is 10.8. The second-order valence-electron chi connectivity index (χ2n) is 5.64. The molecule has 1 aromatic heterocycles. The van der Waals surface area contributed by atoms with Crippen LogP contribution in [0.25, 0.3) is 0 Å². The quantitative estimate of drug-likeness (QED) is 0.858. The van der Waals surface area contributed by atoms with Crippen LogP contribution in [0.5, 0.6) is 0 Å². The molecule has 0 aliphatic rings. The maximum atomic E-state index is 9.18. The first-order chi connectivity index (χ1) is 10.0. The number of aliphatic hydroxyl groups excluding tert-OH is 1. The molecule has 114 valence electrons. The van der Waals surface area contributed by atoms with Crippen LogP contribution in [-0.4, -0.2) is 27.5 Å². The number of nitrogens with zero attached hydrogens (tertiary/aromatic N) is 2. The van der Waals surface area contributed by atoms with Gasteiger partial charge in [-0.25, -0.2) is 4.68 Å². The molecule has 0 bridgehead atoms. The van der Waals surface area contributed by atoms with Crippen LogP contribution in [0.3, 0.4) is 0 Å². The summed E-state index contributed by atoms with van der Waals surface area (Å²) < 4.78 is 1.86. The van der Waals surface area contributed by atoms with Gasteiger partial charge in [-0.3, -0.25) is 0 Å². The van der Waals surface area contributed by atoms with Crippen molar-refractivity contribution < 1.29 is 5.11 Å². The zero-order valence-electron chi connectivity index (χ0n) is 13.3. The molecular weight excluding hydrogens is 262 g/mol. The molecule has 0 spiro atoms. The molecule has 2 unspecified atom stereocenters. The number of hydrogen-bond acceptors (Lipinski definition) is 3. The summed E-state index contributed by atoms with van der Waals surface area (Å²) in [7, 11) is 0. The van der Waals surface area contributed by atoms with Crippen molar-refractivity contribution in [3.05, 3.63) is 47.2 Å². The maximum absolute atomic E-state index is 9.18. The van der Waals surface area contributed by atoms with E-state index >= 15 is 0 Å². The minimum absolute atomic E-state index is 0.0951. The molecule has 2 N–H and O–H groups in total. The molecule has 1 aromatic carbocycles. The van der Waals surface area contributed by atoms with Crippen molar-refractivity contribution in [2.24, 2.45) is 0 Å². The van der Waals surface area contributed by atoms with Crippen molar-refractivity contribution >= 4 is 5.82 Å². The minimum Gasteiger partial charge on any atom is -0.394 e. The van der Waals surface area contributed by atoms with Crippen LogP contribution in [-0.2, 0) is 6.54 Å². The Balaban J connectivity index is 2.17. The Morgan fingerprint density at radius 2 is 1.86 bits per heavy atom. The van der Waals surface area contributed by atoms with Gasteiger partial charge >= 0.3 is 0 Å². The van der Waals surface area contributed by atoms with Gasteiger partial charge in [-0.15, -0.1) is 0 Å². The number of hydrogen-bond donors (Lipinski definition) is 2. The molecular formula is C17H25N3O. The number of benzene rings is 1. The van der Waals surface area contributed by atoms with E-state index in [2.05, 4.69) is 55.5 Å². The zero-order valence-corrected chi connectivity index (χ0v) is 13.3. The summed E-state index contributed by atoms with van der Waals surface area (Å²) in [5, 5.41) is 17.2. The fourth-order valence-corrected chi connectivity index (χ4v) is 2.50. The Labute approximate surface area is 126 Å². The Kier molecular flexibility index (Phi) is 5.02. The third-order valence-corrected chi connectivity index (χ3v) is 4.18. The molecule has 4 heteroatoms. The fraction of sp³-hybridized carbons (Fsp3) is 0.471. The first-order valence-electron chi connectivity index (χ1n) is 7.51. The second kappa shape index (κ2) is 6.76. The van der Waals surface area contributed by atoms with Gasteiger partial charge in [-0.1, -0.05) is 37.3 Å². The Morgan fingerprint density at radius 1 is 1.19 bits per heavy atom. The van der Waals surface area contributed by atoms with Crippen LogP contribution in [0.15, 0.2) is 30.3 Å². The molecule has 0 amide bonds. The van der Waals surface area contributed by atoms with E-state index in [9.17, 15) is 5.11 Å². The molecule has 0 aliphatic carbocycles. The zero-order chi connectivity index (χ0) is 15.4. The minimum atomic E-state index is 0.0951. The largest absolute Gasteiger partial charge is 0.394 e. The van der Waals surface area contributed by atoms with Crippen LogP contribution in [0.2, 0.25) is 0 Å². The summed E-state index contributed by atoms with van der Waals surface area (Å²) in [5.74, 6) is 1.40. The predicted octanol–water partition coefficient (Wildman–Crippen LogP) is 3.10. The fourth-order valence-electron chi connectivity index (χ4n) is 2.50. The molecule has 4 nitrogen and oxygen atoms in total. The van der Waals surface area contributed by atoms with Gasteiger partial charge in [0.1, 0.15) is 5.82 Å². The van der Waals surface area contributed by atoms with E-state index in [1.165, 1.54) is 5.56 Å². The van der Waals surface area contributed by atoms with Crippen molar-refractivity contribution in [2.75, 3.05) is 11.9 Å². The Bertz CT molecular complexity index is 577. The maximum Gasteiger partial charge on any atom is 0.127 e. The third kappa shape index (κ3) is 3.45. The highest BCUT2D eigenvalue weighted by atomic mass is 16.3. The highest BCUT2D eigenvalue weighted by Gasteiger charge is 2.18. The average molecular weight is 287 g/mol. The molecule has 0 saturated carbocycles. The van der Waals surface area contributed by atoms with Crippen molar-refractivity contribution in [1.29, 1.82) is 0 Å². The standard InChI is InChI=1S/C17H25N3O/c1-12(16-8-6-5-7-9-16)14(3)18-17-13(2)15(4)19-20(17)10-11-21/h5-9,12,14,18,21H,10-11H2,1-4H3. The van der Waals surface area contributed by atoms with E-state index in [-0.39, 0.29) is 12.6 Å². The van der Waals surface area contributed by atoms with E-state index in [1.54, 1.807) is 0 Å². The van der Waals surface area contributed by atoms with Gasteiger partial charge in [-0.2, -0.15) is 5.10 Å². The first kappa shape index (κ1) is 15.6. The summed E-state index contributed by atoms with van der Waals surface area (Å²) >= 11 is 0. The van der Waals surface area contributed by atoms with Gasteiger partial charge < -0.3 is 10.4 Å². The monoisotopic (exact) mass is 287 g/mol. The summed E-state index contributed by atoms with van der Waals surface area (Å²) in [4.78, 5) is 0. The number of aliphatic hydroxyl groups is 1. The van der Waals surface area contributed by atoms with Gasteiger partial charge in [0.15, 0.2) is 0 Å². The van der Waals surface area contributed by atoms with Gasteiger partial charge in [-0.05, 0) is 26.3 Å². The average Bonchev–Trinajstić information content (AvgIpc) is 2.75. The molecule has 0 radical (unpaired) electrons. The van der Waals surface area contributed by atoms with Crippen LogP contribution in [0.1, 0.15) is 36.6 Å². The molecule has 0 fully saturated rings. The number of nitrogens with one attached hydrogen (secondary N) is 1. The summed E-state index contributed by atoms with van der Waals surface area (Å²) in [6.07, 6.45) is 0. The van der Waals surface area contributed by atoms with Crippen LogP contribution >= 0.6 is 0 Å². The summed E-state index contributed by atoms with van der Waals surface area (Å²) in [5.41, 5.74) is 3.47. The topological polar surface area (TPSA) is 50.1 Å². The van der Waals surface area contributed by atoms with Crippen molar-refractivity contribution in [3.63, 3.8) is 0 Å². The number of aromatic nitrogens is 2. The van der Waals surface area contributed by atoms with Gasteiger partial charge in [0.25, 0.3) is 0 Å². The lowest BCUT2D eigenvalue weighted by atomic mass is 9.94. The molecule has 2 aromatic rings. The Hall–Kier alpha value is -1.81.